The predicted molar refractivity (Wildman–Crippen MR) is 116 cm³/mol. The summed E-state index contributed by atoms with van der Waals surface area (Å²) in [5.41, 5.74) is 7.45. The number of fused-ring (bicyclic) bond motifs is 2. The van der Waals surface area contributed by atoms with Crippen molar-refractivity contribution < 1.29 is 0 Å². The molecule has 2 aromatic carbocycles. The molecule has 2 N–H and O–H groups in total. The third-order valence-electron chi connectivity index (χ3n) is 5.26. The molecule has 0 spiro atoms. The molecule has 0 aliphatic heterocycles. The van der Waals surface area contributed by atoms with Crippen molar-refractivity contribution in [1.82, 2.24) is 20.4 Å². The van der Waals surface area contributed by atoms with E-state index in [0.29, 0.717) is 11.8 Å². The second kappa shape index (κ2) is 6.68. The van der Waals surface area contributed by atoms with Gasteiger partial charge < -0.3 is 0 Å². The Bertz CT molecular complexity index is 1090. The molecular formula is C21H23IN4. The van der Waals surface area contributed by atoms with Crippen LogP contribution in [0.1, 0.15) is 55.0 Å². The number of hydrogen-bond donors (Lipinski definition) is 2. The lowest BCUT2D eigenvalue weighted by molar-refractivity contribution is 0.741. The largest absolute Gasteiger partial charge is 0.281 e. The van der Waals surface area contributed by atoms with Crippen LogP contribution >= 0.6 is 22.6 Å². The van der Waals surface area contributed by atoms with Crippen molar-refractivity contribution in [1.29, 1.82) is 0 Å². The standard InChI is InChI=1S/C21H23IN4/c1-11(2)19-16(22)7-6-14-18(25-26-21(14)19)9-13(4)20-12(3)5-8-17-15(20)10-23-24-17/h5-8,10-11,13H,9H2,1-4H3,(H,23,24)(H,25,26). The number of hydrogen-bond acceptors (Lipinski definition) is 2. The molecule has 0 saturated carbocycles. The molecule has 0 saturated heterocycles. The van der Waals surface area contributed by atoms with Gasteiger partial charge >= 0.3 is 0 Å². The zero-order valence-electron chi connectivity index (χ0n) is 15.5. The molecule has 2 aromatic heterocycles. The summed E-state index contributed by atoms with van der Waals surface area (Å²) in [6, 6.07) is 8.71. The molecule has 5 heteroatoms. The fourth-order valence-corrected chi connectivity index (χ4v) is 5.10. The van der Waals surface area contributed by atoms with Crippen molar-refractivity contribution in [3.05, 3.63) is 56.4 Å². The Labute approximate surface area is 166 Å². The van der Waals surface area contributed by atoms with E-state index >= 15 is 0 Å². The van der Waals surface area contributed by atoms with Crippen LogP contribution in [-0.4, -0.2) is 20.4 Å². The molecule has 4 rings (SSSR count). The van der Waals surface area contributed by atoms with Gasteiger partial charge in [0.15, 0.2) is 0 Å². The van der Waals surface area contributed by atoms with Crippen LogP contribution in [0.25, 0.3) is 21.8 Å². The highest BCUT2D eigenvalue weighted by Crippen LogP contribution is 2.34. The van der Waals surface area contributed by atoms with Gasteiger partial charge in [-0.3, -0.25) is 10.2 Å². The van der Waals surface area contributed by atoms with E-state index < -0.39 is 0 Å². The van der Waals surface area contributed by atoms with E-state index in [4.69, 9.17) is 0 Å². The summed E-state index contributed by atoms with van der Waals surface area (Å²) in [5, 5.41) is 17.8. The number of aryl methyl sites for hydroxylation is 1. The first-order valence-electron chi connectivity index (χ1n) is 9.05. The summed E-state index contributed by atoms with van der Waals surface area (Å²) in [6.07, 6.45) is 2.87. The molecule has 1 unspecified atom stereocenters. The van der Waals surface area contributed by atoms with Crippen LogP contribution < -0.4 is 0 Å². The summed E-state index contributed by atoms with van der Waals surface area (Å²) < 4.78 is 1.29. The Morgan fingerprint density at radius 3 is 2.58 bits per heavy atom. The molecule has 1 atom stereocenters. The van der Waals surface area contributed by atoms with Gasteiger partial charge in [-0.05, 0) is 82.7 Å². The first kappa shape index (κ1) is 17.5. The molecule has 4 nitrogen and oxygen atoms in total. The van der Waals surface area contributed by atoms with Gasteiger partial charge in [0.25, 0.3) is 0 Å². The Hall–Kier alpha value is -1.89. The average Bonchev–Trinajstić information content (AvgIpc) is 3.21. The first-order chi connectivity index (χ1) is 12.5. The predicted octanol–water partition coefficient (Wildman–Crippen LogP) is 5.82. The van der Waals surface area contributed by atoms with Gasteiger partial charge in [0.1, 0.15) is 0 Å². The van der Waals surface area contributed by atoms with E-state index in [2.05, 4.69) is 94.9 Å². The van der Waals surface area contributed by atoms with E-state index in [1.165, 1.54) is 36.7 Å². The molecule has 134 valence electrons. The fourth-order valence-electron chi connectivity index (χ4n) is 4.05. The van der Waals surface area contributed by atoms with Crippen molar-refractivity contribution in [2.75, 3.05) is 0 Å². The maximum atomic E-state index is 4.67. The van der Waals surface area contributed by atoms with E-state index in [1.54, 1.807) is 0 Å². The van der Waals surface area contributed by atoms with Crippen molar-refractivity contribution >= 4 is 44.4 Å². The highest BCUT2D eigenvalue weighted by Gasteiger charge is 2.19. The van der Waals surface area contributed by atoms with Gasteiger partial charge in [-0.25, -0.2) is 0 Å². The zero-order valence-corrected chi connectivity index (χ0v) is 17.7. The van der Waals surface area contributed by atoms with Gasteiger partial charge in [0.05, 0.1) is 17.2 Å². The number of nitrogens with one attached hydrogen (secondary N) is 2. The van der Waals surface area contributed by atoms with Crippen molar-refractivity contribution in [3.63, 3.8) is 0 Å². The normalized spacial score (nSPS) is 13.2. The lowest BCUT2D eigenvalue weighted by Gasteiger charge is -2.15. The summed E-state index contributed by atoms with van der Waals surface area (Å²) in [4.78, 5) is 0. The number of benzene rings is 2. The molecular weight excluding hydrogens is 435 g/mol. The molecule has 26 heavy (non-hydrogen) atoms. The fraction of sp³-hybridized carbons (Fsp3) is 0.333. The maximum absolute atomic E-state index is 4.67. The molecule has 2 heterocycles. The lowest BCUT2D eigenvalue weighted by Crippen LogP contribution is -2.02. The quantitative estimate of drug-likeness (QED) is 0.379. The Morgan fingerprint density at radius 1 is 1.00 bits per heavy atom. The Morgan fingerprint density at radius 2 is 1.81 bits per heavy atom. The van der Waals surface area contributed by atoms with Crippen LogP contribution in [0, 0.1) is 10.5 Å². The number of H-pyrrole nitrogens is 2. The van der Waals surface area contributed by atoms with Crippen LogP contribution in [0.3, 0.4) is 0 Å². The molecule has 0 amide bonds. The Balaban J connectivity index is 1.77. The number of nitrogens with zero attached hydrogens (tertiary/aromatic N) is 2. The van der Waals surface area contributed by atoms with E-state index in [1.807, 2.05) is 6.20 Å². The van der Waals surface area contributed by atoms with Crippen molar-refractivity contribution in [2.24, 2.45) is 0 Å². The molecule has 0 bridgehead atoms. The highest BCUT2D eigenvalue weighted by atomic mass is 127. The molecule has 0 fully saturated rings. The average molecular weight is 458 g/mol. The minimum absolute atomic E-state index is 0.377. The van der Waals surface area contributed by atoms with Crippen LogP contribution in [0.2, 0.25) is 0 Å². The van der Waals surface area contributed by atoms with Gasteiger partial charge in [0.2, 0.25) is 0 Å². The summed E-state index contributed by atoms with van der Waals surface area (Å²) in [5.74, 6) is 0.836. The minimum Gasteiger partial charge on any atom is -0.281 e. The van der Waals surface area contributed by atoms with Gasteiger partial charge in [-0.15, -0.1) is 0 Å². The molecule has 4 aromatic rings. The number of aromatic amines is 2. The summed E-state index contributed by atoms with van der Waals surface area (Å²) in [6.45, 7) is 8.94. The third kappa shape index (κ3) is 2.82. The first-order valence-corrected chi connectivity index (χ1v) is 10.1. The third-order valence-corrected chi connectivity index (χ3v) is 6.20. The van der Waals surface area contributed by atoms with Crippen LogP contribution in [0.4, 0.5) is 0 Å². The summed E-state index contributed by atoms with van der Waals surface area (Å²) >= 11 is 2.42. The smallest absolute Gasteiger partial charge is 0.0968 e. The summed E-state index contributed by atoms with van der Waals surface area (Å²) in [7, 11) is 0. The number of rotatable bonds is 4. The second-order valence-electron chi connectivity index (χ2n) is 7.45. The molecule has 0 aliphatic rings. The highest BCUT2D eigenvalue weighted by molar-refractivity contribution is 14.1. The van der Waals surface area contributed by atoms with E-state index in [-0.39, 0.29) is 0 Å². The van der Waals surface area contributed by atoms with Crippen molar-refractivity contribution in [2.45, 2.75) is 46.0 Å². The van der Waals surface area contributed by atoms with E-state index in [9.17, 15) is 0 Å². The zero-order chi connectivity index (χ0) is 18.4. The second-order valence-corrected chi connectivity index (χ2v) is 8.61. The minimum atomic E-state index is 0.377. The number of halogens is 1. The SMILES string of the molecule is Cc1ccc2[nH]ncc2c1C(C)Cc1[nH]nc2c(C(C)C)c(I)ccc12. The Kier molecular flexibility index (Phi) is 4.50. The van der Waals surface area contributed by atoms with Crippen LogP contribution in [0.15, 0.2) is 30.5 Å². The van der Waals surface area contributed by atoms with Gasteiger partial charge in [-0.2, -0.15) is 10.2 Å². The lowest BCUT2D eigenvalue weighted by atomic mass is 9.89. The molecule has 0 radical (unpaired) electrons. The maximum Gasteiger partial charge on any atom is 0.0968 e. The van der Waals surface area contributed by atoms with Crippen molar-refractivity contribution in [3.8, 4) is 0 Å². The van der Waals surface area contributed by atoms with Crippen LogP contribution in [0.5, 0.6) is 0 Å². The topological polar surface area (TPSA) is 57.4 Å². The number of aromatic nitrogens is 4. The van der Waals surface area contributed by atoms with Gasteiger partial charge in [-0.1, -0.05) is 26.8 Å². The monoisotopic (exact) mass is 458 g/mol. The molecule has 0 aliphatic carbocycles. The van der Waals surface area contributed by atoms with Crippen LogP contribution in [-0.2, 0) is 6.42 Å². The van der Waals surface area contributed by atoms with Gasteiger partial charge in [0, 0.05) is 20.0 Å². The van der Waals surface area contributed by atoms with E-state index in [0.717, 1.165) is 17.5 Å².